The van der Waals surface area contributed by atoms with Gasteiger partial charge in [-0.25, -0.2) is 13.6 Å². The predicted octanol–water partition coefficient (Wildman–Crippen LogP) is 0.661. The van der Waals surface area contributed by atoms with Crippen molar-refractivity contribution in [3.8, 4) is 0 Å². The first kappa shape index (κ1) is 15.0. The van der Waals surface area contributed by atoms with Crippen molar-refractivity contribution in [1.82, 2.24) is 5.32 Å². The second kappa shape index (κ2) is 5.90. The maximum atomic E-state index is 12.2. The second-order valence-electron chi connectivity index (χ2n) is 5.17. The van der Waals surface area contributed by atoms with Gasteiger partial charge in [-0.15, -0.1) is 0 Å². The lowest BCUT2D eigenvalue weighted by Crippen LogP contribution is -2.45. The molecule has 1 aromatic rings. The minimum atomic E-state index is -3.86. The summed E-state index contributed by atoms with van der Waals surface area (Å²) < 4.78 is 22.9. The number of carbonyl (C=O) groups excluding carboxylic acids is 1. The van der Waals surface area contributed by atoms with Crippen LogP contribution in [-0.2, 0) is 14.8 Å². The molecule has 2 atom stereocenters. The molecule has 1 fully saturated rings. The minimum Gasteiger partial charge on any atom is -0.324 e. The first-order valence-corrected chi connectivity index (χ1v) is 8.08. The first-order chi connectivity index (χ1) is 9.38. The summed E-state index contributed by atoms with van der Waals surface area (Å²) in [6, 6.07) is 5.83. The maximum Gasteiger partial charge on any atom is 0.241 e. The number of rotatable bonds is 3. The van der Waals surface area contributed by atoms with Crippen LogP contribution in [0.25, 0.3) is 0 Å². The van der Waals surface area contributed by atoms with Crippen LogP contribution >= 0.6 is 0 Å². The molecule has 1 heterocycles. The van der Waals surface area contributed by atoms with Crippen LogP contribution < -0.4 is 15.8 Å². The first-order valence-electron chi connectivity index (χ1n) is 6.54. The number of piperidine rings is 1. The standard InChI is InChI=1S/C13H19N3O3S/c1-9-6-7-15-11(8-9)13(17)16-10-4-2-3-5-12(10)20(14,18)19/h2-5,9,11,15H,6-8H2,1H3,(H,16,17)(H2,14,18,19). The normalized spacial score (nSPS) is 23.3. The van der Waals surface area contributed by atoms with E-state index in [4.69, 9.17) is 5.14 Å². The van der Waals surface area contributed by atoms with E-state index in [9.17, 15) is 13.2 Å². The Bertz CT molecular complexity index is 601. The van der Waals surface area contributed by atoms with Crippen LogP contribution in [0.5, 0.6) is 0 Å². The van der Waals surface area contributed by atoms with Gasteiger partial charge in [0.05, 0.1) is 11.7 Å². The van der Waals surface area contributed by atoms with Gasteiger partial charge in [-0.05, 0) is 37.4 Å². The lowest BCUT2D eigenvalue weighted by atomic mass is 9.94. The molecule has 1 aliphatic rings. The van der Waals surface area contributed by atoms with Crippen molar-refractivity contribution in [2.75, 3.05) is 11.9 Å². The molecule has 0 bridgehead atoms. The van der Waals surface area contributed by atoms with Gasteiger partial charge in [0.2, 0.25) is 15.9 Å². The number of para-hydroxylation sites is 1. The minimum absolute atomic E-state index is 0.0720. The highest BCUT2D eigenvalue weighted by Gasteiger charge is 2.25. The van der Waals surface area contributed by atoms with Crippen molar-refractivity contribution in [1.29, 1.82) is 0 Å². The highest BCUT2D eigenvalue weighted by Crippen LogP contribution is 2.21. The third-order valence-electron chi connectivity index (χ3n) is 3.43. The molecule has 1 aromatic carbocycles. The number of nitrogens with one attached hydrogen (secondary N) is 2. The van der Waals surface area contributed by atoms with Crippen molar-refractivity contribution in [3.05, 3.63) is 24.3 Å². The van der Waals surface area contributed by atoms with E-state index in [1.807, 2.05) is 0 Å². The number of benzene rings is 1. The van der Waals surface area contributed by atoms with Gasteiger partial charge in [0.1, 0.15) is 4.90 Å². The Morgan fingerprint density at radius 2 is 2.10 bits per heavy atom. The topological polar surface area (TPSA) is 101 Å². The monoisotopic (exact) mass is 297 g/mol. The van der Waals surface area contributed by atoms with E-state index in [1.54, 1.807) is 12.1 Å². The highest BCUT2D eigenvalue weighted by molar-refractivity contribution is 7.89. The van der Waals surface area contributed by atoms with Crippen molar-refractivity contribution < 1.29 is 13.2 Å². The Hall–Kier alpha value is -1.44. The smallest absolute Gasteiger partial charge is 0.241 e. The molecule has 2 rings (SSSR count). The SMILES string of the molecule is CC1CCNC(C(=O)Nc2ccccc2S(N)(=O)=O)C1. The highest BCUT2D eigenvalue weighted by atomic mass is 32.2. The number of hydrogen-bond acceptors (Lipinski definition) is 4. The average molecular weight is 297 g/mol. The van der Waals surface area contributed by atoms with E-state index < -0.39 is 10.0 Å². The summed E-state index contributed by atoms with van der Waals surface area (Å²) in [4.78, 5) is 12.1. The molecule has 0 saturated carbocycles. The molecule has 0 radical (unpaired) electrons. The van der Waals surface area contributed by atoms with Gasteiger partial charge < -0.3 is 10.6 Å². The predicted molar refractivity (Wildman–Crippen MR) is 76.6 cm³/mol. The van der Waals surface area contributed by atoms with Crippen LogP contribution in [0.15, 0.2) is 29.2 Å². The molecular weight excluding hydrogens is 278 g/mol. The molecule has 1 amide bonds. The van der Waals surface area contributed by atoms with Crippen LogP contribution in [0.3, 0.4) is 0 Å². The quantitative estimate of drug-likeness (QED) is 0.763. The number of amides is 1. The van der Waals surface area contributed by atoms with Crippen LogP contribution in [-0.4, -0.2) is 26.9 Å². The lowest BCUT2D eigenvalue weighted by Gasteiger charge is -2.27. The zero-order valence-corrected chi connectivity index (χ0v) is 12.1. The number of anilines is 1. The van der Waals surface area contributed by atoms with E-state index in [0.29, 0.717) is 5.92 Å². The largest absolute Gasteiger partial charge is 0.324 e. The summed E-state index contributed by atoms with van der Waals surface area (Å²) in [6.07, 6.45) is 1.78. The number of nitrogens with two attached hydrogens (primary N) is 1. The molecule has 4 N–H and O–H groups in total. The van der Waals surface area contributed by atoms with E-state index in [1.165, 1.54) is 12.1 Å². The Balaban J connectivity index is 2.16. The van der Waals surface area contributed by atoms with Gasteiger partial charge in [0.25, 0.3) is 0 Å². The molecule has 7 heteroatoms. The molecule has 6 nitrogen and oxygen atoms in total. The van der Waals surface area contributed by atoms with Crippen molar-refractivity contribution in [2.24, 2.45) is 11.1 Å². The summed E-state index contributed by atoms with van der Waals surface area (Å²) in [5.41, 5.74) is 0.222. The fourth-order valence-corrected chi connectivity index (χ4v) is 3.04. The molecule has 0 aliphatic carbocycles. The van der Waals surface area contributed by atoms with Crippen LogP contribution in [0, 0.1) is 5.92 Å². The lowest BCUT2D eigenvalue weighted by molar-refractivity contribution is -0.119. The van der Waals surface area contributed by atoms with E-state index in [0.717, 1.165) is 19.4 Å². The number of hydrogen-bond donors (Lipinski definition) is 3. The van der Waals surface area contributed by atoms with Gasteiger partial charge >= 0.3 is 0 Å². The molecule has 110 valence electrons. The van der Waals surface area contributed by atoms with Crippen molar-refractivity contribution in [3.63, 3.8) is 0 Å². The molecule has 1 saturated heterocycles. The van der Waals surface area contributed by atoms with Crippen molar-refractivity contribution >= 4 is 21.6 Å². The molecule has 0 spiro atoms. The summed E-state index contributed by atoms with van der Waals surface area (Å²) in [5, 5.41) is 10.9. The molecule has 20 heavy (non-hydrogen) atoms. The summed E-state index contributed by atoms with van der Waals surface area (Å²) in [7, 11) is -3.86. The second-order valence-corrected chi connectivity index (χ2v) is 6.70. The maximum absolute atomic E-state index is 12.2. The van der Waals surface area contributed by atoms with Gasteiger partial charge in [0.15, 0.2) is 0 Å². The van der Waals surface area contributed by atoms with Crippen molar-refractivity contribution in [2.45, 2.75) is 30.7 Å². The third kappa shape index (κ3) is 3.56. The average Bonchev–Trinajstić information content (AvgIpc) is 2.38. The van der Waals surface area contributed by atoms with E-state index in [2.05, 4.69) is 17.6 Å². The van der Waals surface area contributed by atoms with Gasteiger partial charge in [-0.3, -0.25) is 4.79 Å². The van der Waals surface area contributed by atoms with Gasteiger partial charge in [0, 0.05) is 0 Å². The Morgan fingerprint density at radius 3 is 2.75 bits per heavy atom. The van der Waals surface area contributed by atoms with E-state index in [-0.39, 0.29) is 22.5 Å². The summed E-state index contributed by atoms with van der Waals surface area (Å²) in [6.45, 7) is 2.88. The summed E-state index contributed by atoms with van der Waals surface area (Å²) >= 11 is 0. The Labute approximate surface area is 118 Å². The zero-order valence-electron chi connectivity index (χ0n) is 11.3. The van der Waals surface area contributed by atoms with Gasteiger partial charge in [-0.2, -0.15) is 0 Å². The molecular formula is C13H19N3O3S. The fourth-order valence-electron chi connectivity index (χ4n) is 2.35. The molecule has 1 aliphatic heterocycles. The van der Waals surface area contributed by atoms with Crippen LogP contribution in [0.2, 0.25) is 0 Å². The van der Waals surface area contributed by atoms with E-state index >= 15 is 0 Å². The fraction of sp³-hybridized carbons (Fsp3) is 0.462. The van der Waals surface area contributed by atoms with Crippen LogP contribution in [0.1, 0.15) is 19.8 Å². The summed E-state index contributed by atoms with van der Waals surface area (Å²) in [5.74, 6) is 0.244. The number of primary sulfonamides is 1. The molecule has 2 unspecified atom stereocenters. The van der Waals surface area contributed by atoms with Gasteiger partial charge in [-0.1, -0.05) is 19.1 Å². The molecule has 0 aromatic heterocycles. The number of carbonyl (C=O) groups is 1. The Kier molecular flexibility index (Phi) is 4.42. The Morgan fingerprint density at radius 1 is 1.40 bits per heavy atom. The zero-order chi connectivity index (χ0) is 14.8. The third-order valence-corrected chi connectivity index (χ3v) is 4.40. The number of sulfonamides is 1. The van der Waals surface area contributed by atoms with Crippen LogP contribution in [0.4, 0.5) is 5.69 Å².